The van der Waals surface area contributed by atoms with Crippen molar-refractivity contribution >= 4 is 17.7 Å². The Morgan fingerprint density at radius 1 is 1.02 bits per heavy atom. The number of carbonyl (C=O) groups is 2. The molecule has 3 N–H and O–H groups in total. The van der Waals surface area contributed by atoms with Crippen molar-refractivity contribution in [3.05, 3.63) is 72.4 Å². The quantitative estimate of drug-likeness (QED) is 0.339. The van der Waals surface area contributed by atoms with Gasteiger partial charge in [0.15, 0.2) is 0 Å². The Balaban J connectivity index is 1.29. The lowest BCUT2D eigenvalue weighted by molar-refractivity contribution is -0.125. The highest BCUT2D eigenvalue weighted by atomic mass is 19.3. The number of amides is 2. The summed E-state index contributed by atoms with van der Waals surface area (Å²) in [4.78, 5) is 31.1. The highest BCUT2D eigenvalue weighted by Gasteiger charge is 2.55. The van der Waals surface area contributed by atoms with Crippen molar-refractivity contribution in [2.24, 2.45) is 11.7 Å². The predicted molar refractivity (Wildman–Crippen MR) is 154 cm³/mol. The van der Waals surface area contributed by atoms with Gasteiger partial charge in [-0.15, -0.1) is 0 Å². The number of alkyl halides is 2. The van der Waals surface area contributed by atoms with E-state index in [9.17, 15) is 18.4 Å². The summed E-state index contributed by atoms with van der Waals surface area (Å²) < 4.78 is 31.8. The van der Waals surface area contributed by atoms with Gasteiger partial charge >= 0.3 is 6.09 Å². The Morgan fingerprint density at radius 2 is 1.68 bits per heavy atom. The molecular weight excluding hydrogens is 526 g/mol. The normalized spacial score (nSPS) is 20.9. The standard InChI is InChI=1S/C32H36F2N4O3/c1-38(30(40)41-2)26-14-8-21(9-15-26)16-28(39)37-25-17-27(22-6-4-3-5-7-22)29(36-18-25)23-10-12-24(13-11-23)31(35)19-32(33,34)20-31/h3-7,10-13,17-18,21,26H,8-9,14-16,19-20,35H2,1-2H3,(H,37,39)/t21-,26-. The van der Waals surface area contributed by atoms with E-state index in [1.165, 1.54) is 7.11 Å². The van der Waals surface area contributed by atoms with E-state index in [0.29, 0.717) is 17.7 Å². The van der Waals surface area contributed by atoms with Gasteiger partial charge in [0.05, 0.1) is 30.2 Å². The SMILES string of the molecule is COC(=O)N(C)[C@H]1CC[C@H](CC(=O)Nc2cnc(-c3ccc(C4(N)CC(F)(F)C4)cc3)c(-c3ccccc3)c2)CC1. The van der Waals surface area contributed by atoms with Crippen LogP contribution in [0.25, 0.3) is 22.4 Å². The van der Waals surface area contributed by atoms with Crippen LogP contribution in [-0.4, -0.2) is 48.0 Å². The molecule has 2 aliphatic rings. The zero-order chi connectivity index (χ0) is 29.2. The van der Waals surface area contributed by atoms with Crippen molar-refractivity contribution in [2.45, 2.75) is 62.4 Å². The van der Waals surface area contributed by atoms with Crippen LogP contribution in [0.1, 0.15) is 50.5 Å². The molecule has 7 nitrogen and oxygen atoms in total. The second-order valence-corrected chi connectivity index (χ2v) is 11.4. The smallest absolute Gasteiger partial charge is 0.409 e. The van der Waals surface area contributed by atoms with Crippen molar-refractivity contribution < 1.29 is 23.1 Å². The number of hydrogen-bond donors (Lipinski definition) is 2. The van der Waals surface area contributed by atoms with E-state index in [0.717, 1.165) is 48.1 Å². The summed E-state index contributed by atoms with van der Waals surface area (Å²) in [5, 5.41) is 3.02. The molecule has 3 aromatic rings. The van der Waals surface area contributed by atoms with Gasteiger partial charge in [-0.05, 0) is 48.8 Å². The Hall–Kier alpha value is -3.85. The molecule has 9 heteroatoms. The molecule has 0 aliphatic heterocycles. The van der Waals surface area contributed by atoms with Crippen molar-refractivity contribution in [1.29, 1.82) is 0 Å². The van der Waals surface area contributed by atoms with Gasteiger partial charge in [0, 0.05) is 43.5 Å². The van der Waals surface area contributed by atoms with Gasteiger partial charge in [-0.3, -0.25) is 9.78 Å². The topological polar surface area (TPSA) is 97.5 Å². The molecule has 5 rings (SSSR count). The fourth-order valence-electron chi connectivity index (χ4n) is 6.14. The molecule has 1 aromatic heterocycles. The Labute approximate surface area is 239 Å². The number of benzene rings is 2. The number of carbonyl (C=O) groups excluding carboxylic acids is 2. The molecule has 0 radical (unpaired) electrons. The van der Waals surface area contributed by atoms with Gasteiger partial charge in [-0.1, -0.05) is 54.6 Å². The number of hydrogen-bond acceptors (Lipinski definition) is 5. The number of aromatic nitrogens is 1. The van der Waals surface area contributed by atoms with Crippen LogP contribution in [0.4, 0.5) is 19.3 Å². The van der Waals surface area contributed by atoms with E-state index >= 15 is 0 Å². The Morgan fingerprint density at radius 3 is 2.29 bits per heavy atom. The number of nitrogens with one attached hydrogen (secondary N) is 1. The maximum absolute atomic E-state index is 13.5. The summed E-state index contributed by atoms with van der Waals surface area (Å²) in [5.74, 6) is -2.53. The van der Waals surface area contributed by atoms with Gasteiger partial charge in [0.2, 0.25) is 5.91 Å². The van der Waals surface area contributed by atoms with Crippen LogP contribution in [0.2, 0.25) is 0 Å². The first-order chi connectivity index (χ1) is 19.6. The first-order valence-electron chi connectivity index (χ1n) is 14.0. The zero-order valence-electron chi connectivity index (χ0n) is 23.4. The monoisotopic (exact) mass is 562 g/mol. The fourth-order valence-corrected chi connectivity index (χ4v) is 6.14. The van der Waals surface area contributed by atoms with Gasteiger partial charge in [-0.2, -0.15) is 0 Å². The summed E-state index contributed by atoms with van der Waals surface area (Å²) in [6, 6.07) is 19.2. The minimum absolute atomic E-state index is 0.0711. The maximum Gasteiger partial charge on any atom is 0.409 e. The number of anilines is 1. The van der Waals surface area contributed by atoms with Crippen molar-refractivity contribution in [1.82, 2.24) is 9.88 Å². The zero-order valence-corrected chi connectivity index (χ0v) is 23.4. The van der Waals surface area contributed by atoms with E-state index in [1.54, 1.807) is 30.3 Å². The minimum Gasteiger partial charge on any atom is -0.453 e. The lowest BCUT2D eigenvalue weighted by Crippen LogP contribution is -2.55. The minimum atomic E-state index is -2.71. The van der Waals surface area contributed by atoms with Crippen LogP contribution in [-0.2, 0) is 15.1 Å². The molecule has 2 amide bonds. The first kappa shape index (κ1) is 28.7. The summed E-state index contributed by atoms with van der Waals surface area (Å²) in [6.07, 6.45) is 4.41. The summed E-state index contributed by atoms with van der Waals surface area (Å²) in [5.41, 5.74) is 9.84. The second kappa shape index (κ2) is 11.6. The average Bonchev–Trinajstić information content (AvgIpc) is 2.96. The average molecular weight is 563 g/mol. The van der Waals surface area contributed by atoms with Crippen LogP contribution in [0.3, 0.4) is 0 Å². The van der Waals surface area contributed by atoms with E-state index < -0.39 is 11.5 Å². The lowest BCUT2D eigenvalue weighted by Gasteiger charge is -2.44. The van der Waals surface area contributed by atoms with Crippen LogP contribution in [0, 0.1) is 5.92 Å². The van der Waals surface area contributed by atoms with Gasteiger partial charge in [0.1, 0.15) is 0 Å². The molecule has 0 bridgehead atoms. The molecule has 0 atom stereocenters. The number of nitrogens with two attached hydrogens (primary N) is 1. The third-order valence-electron chi connectivity index (χ3n) is 8.44. The molecule has 2 fully saturated rings. The van der Waals surface area contributed by atoms with Crippen molar-refractivity contribution in [3.8, 4) is 22.4 Å². The number of pyridine rings is 1. The lowest BCUT2D eigenvalue weighted by atomic mass is 9.70. The number of ether oxygens (including phenoxy) is 1. The number of methoxy groups -OCH3 is 1. The summed E-state index contributed by atoms with van der Waals surface area (Å²) in [7, 11) is 3.13. The van der Waals surface area contributed by atoms with E-state index in [1.807, 2.05) is 48.5 Å². The van der Waals surface area contributed by atoms with E-state index in [-0.39, 0.29) is 36.8 Å². The molecule has 1 heterocycles. The Kier molecular flexibility index (Phi) is 8.09. The van der Waals surface area contributed by atoms with Gasteiger partial charge in [0.25, 0.3) is 5.92 Å². The van der Waals surface area contributed by atoms with Gasteiger partial charge < -0.3 is 20.7 Å². The first-order valence-corrected chi connectivity index (χ1v) is 14.0. The molecule has 216 valence electrons. The molecule has 2 aliphatic carbocycles. The van der Waals surface area contributed by atoms with E-state index in [2.05, 4.69) is 5.32 Å². The summed E-state index contributed by atoms with van der Waals surface area (Å²) >= 11 is 0. The molecule has 0 spiro atoms. The predicted octanol–water partition coefficient (Wildman–Crippen LogP) is 6.58. The highest BCUT2D eigenvalue weighted by Crippen LogP contribution is 2.50. The van der Waals surface area contributed by atoms with Crippen molar-refractivity contribution in [3.63, 3.8) is 0 Å². The van der Waals surface area contributed by atoms with E-state index in [4.69, 9.17) is 15.5 Å². The van der Waals surface area contributed by atoms with Crippen LogP contribution >= 0.6 is 0 Å². The summed E-state index contributed by atoms with van der Waals surface area (Å²) in [6.45, 7) is 0. The van der Waals surface area contributed by atoms with Crippen molar-refractivity contribution in [2.75, 3.05) is 19.5 Å². The number of halogens is 2. The number of nitrogens with zero attached hydrogens (tertiary/aromatic N) is 2. The van der Waals surface area contributed by atoms with Crippen LogP contribution in [0.15, 0.2) is 66.9 Å². The molecule has 2 saturated carbocycles. The molecular formula is C32H36F2N4O3. The largest absolute Gasteiger partial charge is 0.453 e. The fraction of sp³-hybridized carbons (Fsp3) is 0.406. The Bertz CT molecular complexity index is 1380. The van der Waals surface area contributed by atoms with Crippen LogP contribution < -0.4 is 11.1 Å². The maximum atomic E-state index is 13.5. The molecule has 0 saturated heterocycles. The highest BCUT2D eigenvalue weighted by molar-refractivity contribution is 5.93. The number of rotatable bonds is 7. The third-order valence-corrected chi connectivity index (χ3v) is 8.44. The molecule has 41 heavy (non-hydrogen) atoms. The molecule has 0 unspecified atom stereocenters. The van der Waals surface area contributed by atoms with Gasteiger partial charge in [-0.25, -0.2) is 13.6 Å². The second-order valence-electron chi connectivity index (χ2n) is 11.4. The molecule has 2 aromatic carbocycles. The third kappa shape index (κ3) is 6.40. The van der Waals surface area contributed by atoms with Crippen LogP contribution in [0.5, 0.6) is 0 Å².